The smallest absolute Gasteiger partial charge is 0.219 e. The lowest BCUT2D eigenvalue weighted by atomic mass is 10.00. The fourth-order valence-corrected chi connectivity index (χ4v) is 2.65. The zero-order valence-electron chi connectivity index (χ0n) is 12.3. The molecule has 1 aliphatic heterocycles. The van der Waals surface area contributed by atoms with Gasteiger partial charge in [0.2, 0.25) is 5.91 Å². The number of nitrogens with zero attached hydrogens (tertiary/aromatic N) is 2. The third-order valence-electron chi connectivity index (χ3n) is 4.00. The van der Waals surface area contributed by atoms with Crippen molar-refractivity contribution >= 4 is 5.91 Å². The molecule has 1 aliphatic rings. The predicted molar refractivity (Wildman–Crippen MR) is 78.1 cm³/mol. The predicted octanol–water partition coefficient (Wildman–Crippen LogP) is 2.09. The Morgan fingerprint density at radius 3 is 2.58 bits per heavy atom. The van der Waals surface area contributed by atoms with E-state index in [0.29, 0.717) is 0 Å². The lowest BCUT2D eigenvalue weighted by molar-refractivity contribution is -0.129. The summed E-state index contributed by atoms with van der Waals surface area (Å²) in [6, 6.07) is 6.72. The average molecular weight is 260 g/mol. The topological polar surface area (TPSA) is 23.6 Å². The van der Waals surface area contributed by atoms with Gasteiger partial charge in [-0.1, -0.05) is 18.2 Å². The molecule has 0 radical (unpaired) electrons. The van der Waals surface area contributed by atoms with Crippen molar-refractivity contribution in [2.24, 2.45) is 0 Å². The van der Waals surface area contributed by atoms with Crippen molar-refractivity contribution in [3.8, 4) is 0 Å². The normalized spacial score (nSPS) is 15.7. The molecule has 104 valence electrons. The van der Waals surface area contributed by atoms with Crippen molar-refractivity contribution in [1.29, 1.82) is 0 Å². The van der Waals surface area contributed by atoms with Crippen LogP contribution in [0.4, 0.5) is 0 Å². The molecule has 1 amide bonds. The van der Waals surface area contributed by atoms with Gasteiger partial charge in [0, 0.05) is 33.1 Å². The second-order valence-electron chi connectivity index (χ2n) is 5.44. The number of amides is 1. The monoisotopic (exact) mass is 260 g/mol. The summed E-state index contributed by atoms with van der Waals surface area (Å²) >= 11 is 0. The first-order valence-electron chi connectivity index (χ1n) is 7.15. The van der Waals surface area contributed by atoms with E-state index in [1.54, 1.807) is 6.92 Å². The molecule has 1 heterocycles. The Balaban J connectivity index is 2.14. The van der Waals surface area contributed by atoms with Gasteiger partial charge in [-0.2, -0.15) is 0 Å². The molecule has 0 fully saturated rings. The molecule has 0 bridgehead atoms. The fourth-order valence-electron chi connectivity index (χ4n) is 2.65. The van der Waals surface area contributed by atoms with E-state index < -0.39 is 0 Å². The molecule has 0 N–H and O–H groups in total. The molecule has 0 saturated carbocycles. The van der Waals surface area contributed by atoms with Gasteiger partial charge >= 0.3 is 0 Å². The van der Waals surface area contributed by atoms with E-state index in [1.165, 1.54) is 16.7 Å². The van der Waals surface area contributed by atoms with Crippen LogP contribution in [0, 0.1) is 0 Å². The minimum Gasteiger partial charge on any atom is -0.339 e. The molecule has 0 aliphatic carbocycles. The van der Waals surface area contributed by atoms with E-state index in [9.17, 15) is 4.79 Å². The zero-order chi connectivity index (χ0) is 13.8. The van der Waals surface area contributed by atoms with E-state index >= 15 is 0 Å². The second kappa shape index (κ2) is 6.20. The maximum absolute atomic E-state index is 11.5. The molecule has 0 unspecified atom stereocenters. The summed E-state index contributed by atoms with van der Waals surface area (Å²) in [6.45, 7) is 7.44. The van der Waals surface area contributed by atoms with Crippen LogP contribution < -0.4 is 0 Å². The summed E-state index contributed by atoms with van der Waals surface area (Å²) in [7, 11) is 2.18. The van der Waals surface area contributed by atoms with Gasteiger partial charge in [0.05, 0.1) is 0 Å². The summed E-state index contributed by atoms with van der Waals surface area (Å²) in [5.74, 6) is 0.150. The number of likely N-dealkylation sites (N-methyl/N-ethyl adjacent to an activating group) is 1. The van der Waals surface area contributed by atoms with Crippen LogP contribution in [-0.2, 0) is 24.2 Å². The molecular weight excluding hydrogens is 236 g/mol. The Bertz CT molecular complexity index is 456. The molecule has 2 rings (SSSR count). The van der Waals surface area contributed by atoms with Gasteiger partial charge in [-0.05, 0) is 43.5 Å². The van der Waals surface area contributed by atoms with Crippen LogP contribution in [0.5, 0.6) is 0 Å². The Morgan fingerprint density at radius 2 is 1.95 bits per heavy atom. The van der Waals surface area contributed by atoms with Crippen LogP contribution in [0.2, 0.25) is 0 Å². The largest absolute Gasteiger partial charge is 0.339 e. The van der Waals surface area contributed by atoms with Crippen LogP contribution in [0.15, 0.2) is 18.2 Å². The van der Waals surface area contributed by atoms with Crippen LogP contribution in [0.3, 0.4) is 0 Å². The summed E-state index contributed by atoms with van der Waals surface area (Å²) < 4.78 is 0. The standard InChI is InChI=1S/C16H24N2O/c1-4-18(13(2)19)12-14-5-6-15-7-9-17(3)10-8-16(15)11-14/h5-6,11H,4,7-10,12H2,1-3H3. The van der Waals surface area contributed by atoms with E-state index in [0.717, 1.165) is 39.0 Å². The molecule has 1 aromatic rings. The molecular formula is C16H24N2O. The van der Waals surface area contributed by atoms with E-state index in [-0.39, 0.29) is 5.91 Å². The third-order valence-corrected chi connectivity index (χ3v) is 4.00. The van der Waals surface area contributed by atoms with Crippen molar-refractivity contribution in [2.45, 2.75) is 33.2 Å². The fraction of sp³-hybridized carbons (Fsp3) is 0.562. The van der Waals surface area contributed by atoms with Gasteiger partial charge < -0.3 is 9.80 Å². The first-order chi connectivity index (χ1) is 9.10. The maximum Gasteiger partial charge on any atom is 0.219 e. The molecule has 0 aromatic heterocycles. The molecule has 19 heavy (non-hydrogen) atoms. The lowest BCUT2D eigenvalue weighted by Gasteiger charge is -2.19. The van der Waals surface area contributed by atoms with Gasteiger partial charge in [0.15, 0.2) is 0 Å². The molecule has 0 spiro atoms. The summed E-state index contributed by atoms with van der Waals surface area (Å²) in [6.07, 6.45) is 2.25. The lowest BCUT2D eigenvalue weighted by Crippen LogP contribution is -2.27. The number of hydrogen-bond donors (Lipinski definition) is 0. The van der Waals surface area contributed by atoms with Crippen molar-refractivity contribution in [1.82, 2.24) is 9.80 Å². The van der Waals surface area contributed by atoms with E-state index in [1.807, 2.05) is 11.8 Å². The Kier molecular flexibility index (Phi) is 4.59. The summed E-state index contributed by atoms with van der Waals surface area (Å²) in [5, 5.41) is 0. The van der Waals surface area contributed by atoms with Crippen LogP contribution in [-0.4, -0.2) is 42.4 Å². The molecule has 0 atom stereocenters. The number of carbonyl (C=O) groups excluding carboxylic acids is 1. The van der Waals surface area contributed by atoms with Gasteiger partial charge in [0.25, 0.3) is 0 Å². The van der Waals surface area contributed by atoms with Gasteiger partial charge in [-0.15, -0.1) is 0 Å². The first-order valence-corrected chi connectivity index (χ1v) is 7.15. The second-order valence-corrected chi connectivity index (χ2v) is 5.44. The molecule has 3 nitrogen and oxygen atoms in total. The quantitative estimate of drug-likeness (QED) is 0.831. The Morgan fingerprint density at radius 1 is 1.26 bits per heavy atom. The average Bonchev–Trinajstić information content (AvgIpc) is 2.58. The highest BCUT2D eigenvalue weighted by atomic mass is 16.2. The van der Waals surface area contributed by atoms with Crippen LogP contribution in [0.25, 0.3) is 0 Å². The third kappa shape index (κ3) is 3.57. The number of hydrogen-bond acceptors (Lipinski definition) is 2. The highest BCUT2D eigenvalue weighted by Gasteiger charge is 2.13. The van der Waals surface area contributed by atoms with Gasteiger partial charge in [-0.3, -0.25) is 4.79 Å². The number of carbonyl (C=O) groups is 1. The molecule has 3 heteroatoms. The van der Waals surface area contributed by atoms with Gasteiger partial charge in [0.1, 0.15) is 0 Å². The minimum absolute atomic E-state index is 0.150. The molecule has 1 aromatic carbocycles. The highest BCUT2D eigenvalue weighted by Crippen LogP contribution is 2.18. The van der Waals surface area contributed by atoms with Crippen molar-refractivity contribution in [3.05, 3.63) is 34.9 Å². The maximum atomic E-state index is 11.5. The SMILES string of the molecule is CCN(Cc1ccc2c(c1)CCN(C)CC2)C(C)=O. The Hall–Kier alpha value is -1.35. The first kappa shape index (κ1) is 14.1. The molecule has 0 saturated heterocycles. The Labute approximate surface area is 116 Å². The van der Waals surface area contributed by atoms with Crippen molar-refractivity contribution < 1.29 is 4.79 Å². The minimum atomic E-state index is 0.150. The number of rotatable bonds is 3. The zero-order valence-corrected chi connectivity index (χ0v) is 12.3. The van der Waals surface area contributed by atoms with Crippen LogP contribution >= 0.6 is 0 Å². The van der Waals surface area contributed by atoms with Crippen molar-refractivity contribution in [3.63, 3.8) is 0 Å². The van der Waals surface area contributed by atoms with Crippen LogP contribution in [0.1, 0.15) is 30.5 Å². The summed E-state index contributed by atoms with van der Waals surface area (Å²) in [5.41, 5.74) is 4.18. The van der Waals surface area contributed by atoms with E-state index in [4.69, 9.17) is 0 Å². The highest BCUT2D eigenvalue weighted by molar-refractivity contribution is 5.73. The van der Waals surface area contributed by atoms with E-state index in [2.05, 4.69) is 30.1 Å². The summed E-state index contributed by atoms with van der Waals surface area (Å²) in [4.78, 5) is 15.7. The number of benzene rings is 1. The van der Waals surface area contributed by atoms with Crippen molar-refractivity contribution in [2.75, 3.05) is 26.7 Å². The number of fused-ring (bicyclic) bond motifs is 1. The van der Waals surface area contributed by atoms with Gasteiger partial charge in [-0.25, -0.2) is 0 Å².